The molecular weight excluding hydrogens is 232 g/mol. The topological polar surface area (TPSA) is 16.1 Å². The van der Waals surface area contributed by atoms with Gasteiger partial charge in [0.25, 0.3) is 0 Å². The zero-order valence-electron chi connectivity index (χ0n) is 10.7. The van der Waals surface area contributed by atoms with E-state index in [9.17, 15) is 0 Å². The fourth-order valence-electron chi connectivity index (χ4n) is 2.47. The second kappa shape index (κ2) is 5.72. The molecule has 2 nitrogen and oxygen atoms in total. The summed E-state index contributed by atoms with van der Waals surface area (Å²) in [6.07, 6.45) is 5.83. The van der Waals surface area contributed by atoms with Gasteiger partial charge in [-0.25, -0.2) is 0 Å². The maximum atomic E-state index is 6.01. The number of anilines is 1. The van der Waals surface area contributed by atoms with Crippen LogP contribution < -0.4 is 4.90 Å². The van der Waals surface area contributed by atoms with Crippen molar-refractivity contribution < 1.29 is 0 Å². The van der Waals surface area contributed by atoms with Gasteiger partial charge in [0.15, 0.2) is 0 Å². The molecule has 0 spiro atoms. The highest BCUT2D eigenvalue weighted by Crippen LogP contribution is 2.26. The highest BCUT2D eigenvalue weighted by molar-refractivity contribution is 6.17. The first kappa shape index (κ1) is 12.7. The largest absolute Gasteiger partial charge is 0.371 e. The van der Waals surface area contributed by atoms with E-state index >= 15 is 0 Å². The summed E-state index contributed by atoms with van der Waals surface area (Å²) in [7, 11) is 0. The van der Waals surface area contributed by atoms with Gasteiger partial charge in [-0.05, 0) is 38.2 Å². The molecule has 1 unspecified atom stereocenters. The molecule has 0 N–H and O–H groups in total. The van der Waals surface area contributed by atoms with Crippen LogP contribution in [0.25, 0.3) is 0 Å². The first-order valence-electron chi connectivity index (χ1n) is 6.47. The van der Waals surface area contributed by atoms with Crippen LogP contribution >= 0.6 is 11.6 Å². The number of aryl methyl sites for hydroxylation is 1. The molecule has 94 valence electrons. The molecule has 17 heavy (non-hydrogen) atoms. The van der Waals surface area contributed by atoms with Crippen LogP contribution in [0.3, 0.4) is 0 Å². The number of halogens is 1. The van der Waals surface area contributed by atoms with E-state index in [1.54, 1.807) is 0 Å². The van der Waals surface area contributed by atoms with Gasteiger partial charge in [0, 0.05) is 36.2 Å². The number of alkyl halides is 1. The monoisotopic (exact) mass is 252 g/mol. The SMILES string of the molecule is Cc1cc(N2CCCC(C)CC2)c(CCl)cn1. The molecule has 2 rings (SSSR count). The highest BCUT2D eigenvalue weighted by atomic mass is 35.5. The van der Waals surface area contributed by atoms with Gasteiger partial charge in [0.05, 0.1) is 5.88 Å². The highest BCUT2D eigenvalue weighted by Gasteiger charge is 2.16. The van der Waals surface area contributed by atoms with Crippen molar-refractivity contribution >= 4 is 17.3 Å². The minimum absolute atomic E-state index is 0.550. The van der Waals surface area contributed by atoms with E-state index in [4.69, 9.17) is 11.6 Å². The minimum Gasteiger partial charge on any atom is -0.371 e. The molecule has 0 radical (unpaired) electrons. The summed E-state index contributed by atoms with van der Waals surface area (Å²) in [5.41, 5.74) is 3.53. The standard InChI is InChI=1S/C14H21ClN2/c1-11-4-3-6-17(7-5-11)14-8-12(2)16-10-13(14)9-15/h8,10-11H,3-7,9H2,1-2H3. The van der Waals surface area contributed by atoms with Gasteiger partial charge in [0.2, 0.25) is 0 Å². The molecule has 1 aromatic heterocycles. The number of hydrogen-bond acceptors (Lipinski definition) is 2. The van der Waals surface area contributed by atoms with Crippen molar-refractivity contribution in [3.8, 4) is 0 Å². The smallest absolute Gasteiger partial charge is 0.0509 e. The number of aromatic nitrogens is 1. The third kappa shape index (κ3) is 3.12. The molecule has 1 aliphatic heterocycles. The summed E-state index contributed by atoms with van der Waals surface area (Å²) in [6.45, 7) is 6.69. The summed E-state index contributed by atoms with van der Waals surface area (Å²) in [4.78, 5) is 6.81. The Balaban J connectivity index is 2.22. The number of pyridine rings is 1. The summed E-state index contributed by atoms with van der Waals surface area (Å²) < 4.78 is 0. The average molecular weight is 253 g/mol. The maximum absolute atomic E-state index is 6.01. The predicted molar refractivity (Wildman–Crippen MR) is 73.8 cm³/mol. The quantitative estimate of drug-likeness (QED) is 0.746. The summed E-state index contributed by atoms with van der Waals surface area (Å²) in [6, 6.07) is 2.17. The van der Waals surface area contributed by atoms with E-state index in [1.165, 1.54) is 24.9 Å². The zero-order chi connectivity index (χ0) is 12.3. The number of rotatable bonds is 2. The van der Waals surface area contributed by atoms with Crippen molar-refractivity contribution in [3.63, 3.8) is 0 Å². The van der Waals surface area contributed by atoms with Crippen molar-refractivity contribution in [1.29, 1.82) is 0 Å². The van der Waals surface area contributed by atoms with Gasteiger partial charge in [-0.3, -0.25) is 4.98 Å². The van der Waals surface area contributed by atoms with Crippen molar-refractivity contribution in [2.24, 2.45) is 5.92 Å². The van der Waals surface area contributed by atoms with Crippen LogP contribution in [0.2, 0.25) is 0 Å². The lowest BCUT2D eigenvalue weighted by Gasteiger charge is -2.25. The molecule has 1 aromatic rings. The number of hydrogen-bond donors (Lipinski definition) is 0. The number of nitrogens with zero attached hydrogens (tertiary/aromatic N) is 2. The molecule has 1 atom stereocenters. The van der Waals surface area contributed by atoms with Gasteiger partial charge in [-0.15, -0.1) is 11.6 Å². The Bertz CT molecular complexity index is 378. The normalized spacial score (nSPS) is 21.4. The Morgan fingerprint density at radius 2 is 2.24 bits per heavy atom. The van der Waals surface area contributed by atoms with Crippen LogP contribution in [0.15, 0.2) is 12.3 Å². The minimum atomic E-state index is 0.550. The van der Waals surface area contributed by atoms with Crippen LogP contribution in [0.5, 0.6) is 0 Å². The third-order valence-electron chi connectivity index (χ3n) is 3.60. The van der Waals surface area contributed by atoms with Crippen LogP contribution in [-0.2, 0) is 5.88 Å². The lowest BCUT2D eigenvalue weighted by Crippen LogP contribution is -2.25. The molecular formula is C14H21ClN2. The Kier molecular flexibility index (Phi) is 4.27. The summed E-state index contributed by atoms with van der Waals surface area (Å²) in [5.74, 6) is 1.40. The Labute approximate surface area is 109 Å². The van der Waals surface area contributed by atoms with Crippen molar-refractivity contribution in [3.05, 3.63) is 23.5 Å². The lowest BCUT2D eigenvalue weighted by atomic mass is 10.0. The summed E-state index contributed by atoms with van der Waals surface area (Å²) >= 11 is 6.01. The fraction of sp³-hybridized carbons (Fsp3) is 0.643. The van der Waals surface area contributed by atoms with E-state index in [1.807, 2.05) is 13.1 Å². The van der Waals surface area contributed by atoms with Gasteiger partial charge in [-0.2, -0.15) is 0 Å². The average Bonchev–Trinajstić information content (AvgIpc) is 2.54. The lowest BCUT2D eigenvalue weighted by molar-refractivity contribution is 0.521. The van der Waals surface area contributed by atoms with E-state index in [0.717, 1.165) is 30.3 Å². The fourth-order valence-corrected chi connectivity index (χ4v) is 2.68. The molecule has 0 amide bonds. The van der Waals surface area contributed by atoms with Crippen molar-refractivity contribution in [2.75, 3.05) is 18.0 Å². The van der Waals surface area contributed by atoms with Crippen molar-refractivity contribution in [1.82, 2.24) is 4.98 Å². The van der Waals surface area contributed by atoms with E-state index in [0.29, 0.717) is 5.88 Å². The zero-order valence-corrected chi connectivity index (χ0v) is 11.5. The van der Waals surface area contributed by atoms with Crippen LogP contribution in [0.1, 0.15) is 37.4 Å². The maximum Gasteiger partial charge on any atom is 0.0509 e. The second-order valence-electron chi connectivity index (χ2n) is 5.11. The van der Waals surface area contributed by atoms with Crippen LogP contribution in [0, 0.1) is 12.8 Å². The molecule has 0 saturated carbocycles. The second-order valence-corrected chi connectivity index (χ2v) is 5.38. The Hall–Kier alpha value is -0.760. The van der Waals surface area contributed by atoms with Gasteiger partial charge in [-0.1, -0.05) is 6.92 Å². The Morgan fingerprint density at radius 1 is 1.41 bits per heavy atom. The third-order valence-corrected chi connectivity index (χ3v) is 3.89. The first-order valence-corrected chi connectivity index (χ1v) is 7.00. The first-order chi connectivity index (χ1) is 8.20. The van der Waals surface area contributed by atoms with Gasteiger partial charge >= 0.3 is 0 Å². The molecule has 0 bridgehead atoms. The van der Waals surface area contributed by atoms with Gasteiger partial charge in [0.1, 0.15) is 0 Å². The molecule has 1 fully saturated rings. The van der Waals surface area contributed by atoms with E-state index < -0.39 is 0 Å². The molecule has 0 aliphatic carbocycles. The molecule has 0 aromatic carbocycles. The predicted octanol–water partition coefficient (Wildman–Crippen LogP) is 3.76. The molecule has 1 aliphatic rings. The molecule has 3 heteroatoms. The van der Waals surface area contributed by atoms with E-state index in [2.05, 4.69) is 22.9 Å². The van der Waals surface area contributed by atoms with Crippen LogP contribution in [0.4, 0.5) is 5.69 Å². The van der Waals surface area contributed by atoms with E-state index in [-0.39, 0.29) is 0 Å². The molecule has 2 heterocycles. The van der Waals surface area contributed by atoms with Crippen LogP contribution in [-0.4, -0.2) is 18.1 Å². The molecule has 1 saturated heterocycles. The Morgan fingerprint density at radius 3 is 3.00 bits per heavy atom. The van der Waals surface area contributed by atoms with Gasteiger partial charge < -0.3 is 4.90 Å². The summed E-state index contributed by atoms with van der Waals surface area (Å²) in [5, 5.41) is 0. The van der Waals surface area contributed by atoms with Crippen molar-refractivity contribution in [2.45, 2.75) is 39.0 Å².